The molecule has 2 aromatic carbocycles. The maximum atomic E-state index is 4.55. The lowest BCUT2D eigenvalue weighted by Gasteiger charge is -2.04. The molecule has 0 aliphatic rings. The fourth-order valence-electron chi connectivity index (χ4n) is 1.72. The summed E-state index contributed by atoms with van der Waals surface area (Å²) in [6.45, 7) is 2.07. The molecule has 3 rings (SSSR count). The van der Waals surface area contributed by atoms with E-state index in [1.165, 1.54) is 10.3 Å². The summed E-state index contributed by atoms with van der Waals surface area (Å²) in [6, 6.07) is 14.4. The molecule has 0 radical (unpaired) electrons. The van der Waals surface area contributed by atoms with E-state index in [1.54, 1.807) is 11.3 Å². The summed E-state index contributed by atoms with van der Waals surface area (Å²) in [5, 5.41) is 4.26. The van der Waals surface area contributed by atoms with Gasteiger partial charge in [0.05, 0.1) is 10.2 Å². The first-order chi connectivity index (χ1) is 8.72. The van der Waals surface area contributed by atoms with Crippen molar-refractivity contribution in [1.82, 2.24) is 4.98 Å². The van der Waals surface area contributed by atoms with Crippen LogP contribution in [-0.4, -0.2) is 4.98 Å². The highest BCUT2D eigenvalue weighted by molar-refractivity contribution is 9.10. The van der Waals surface area contributed by atoms with Gasteiger partial charge in [-0.2, -0.15) is 0 Å². The fourth-order valence-corrected chi connectivity index (χ4v) is 2.98. The highest BCUT2D eigenvalue weighted by Gasteiger charge is 2.04. The van der Waals surface area contributed by atoms with E-state index < -0.39 is 0 Å². The molecule has 4 heteroatoms. The molecule has 90 valence electrons. The molecule has 18 heavy (non-hydrogen) atoms. The molecular formula is C14H11BrN2S. The predicted molar refractivity (Wildman–Crippen MR) is 81.8 cm³/mol. The van der Waals surface area contributed by atoms with E-state index in [-0.39, 0.29) is 0 Å². The van der Waals surface area contributed by atoms with Crippen molar-refractivity contribution in [1.29, 1.82) is 0 Å². The van der Waals surface area contributed by atoms with Gasteiger partial charge in [0.15, 0.2) is 5.13 Å². The first-order valence-electron chi connectivity index (χ1n) is 5.61. The van der Waals surface area contributed by atoms with Crippen LogP contribution in [-0.2, 0) is 0 Å². The molecule has 1 aromatic heterocycles. The second-order valence-corrected chi connectivity index (χ2v) is 5.96. The lowest BCUT2D eigenvalue weighted by molar-refractivity contribution is 1.40. The van der Waals surface area contributed by atoms with Gasteiger partial charge >= 0.3 is 0 Å². The van der Waals surface area contributed by atoms with Crippen LogP contribution >= 0.6 is 27.3 Å². The third-order valence-electron chi connectivity index (χ3n) is 2.72. The minimum absolute atomic E-state index is 0.923. The largest absolute Gasteiger partial charge is 0.331 e. The molecule has 3 aromatic rings. The Labute approximate surface area is 118 Å². The lowest BCUT2D eigenvalue weighted by atomic mass is 10.2. The van der Waals surface area contributed by atoms with Crippen molar-refractivity contribution in [3.05, 3.63) is 52.5 Å². The van der Waals surface area contributed by atoms with E-state index in [0.717, 1.165) is 20.8 Å². The first-order valence-corrected chi connectivity index (χ1v) is 7.22. The molecule has 2 nitrogen and oxygen atoms in total. The van der Waals surface area contributed by atoms with Crippen molar-refractivity contribution in [2.75, 3.05) is 5.32 Å². The number of para-hydroxylation sites is 1. The fraction of sp³-hybridized carbons (Fsp3) is 0.0714. The van der Waals surface area contributed by atoms with Gasteiger partial charge in [-0.25, -0.2) is 4.98 Å². The average molecular weight is 319 g/mol. The first kappa shape index (κ1) is 11.7. The van der Waals surface area contributed by atoms with Gasteiger partial charge in [-0.05, 0) is 36.8 Å². The topological polar surface area (TPSA) is 24.9 Å². The number of aromatic nitrogens is 1. The van der Waals surface area contributed by atoms with Crippen LogP contribution in [0.25, 0.3) is 10.2 Å². The zero-order valence-corrected chi connectivity index (χ0v) is 12.2. The predicted octanol–water partition coefficient (Wildman–Crippen LogP) is 5.11. The Morgan fingerprint density at radius 2 is 2.00 bits per heavy atom. The Kier molecular flexibility index (Phi) is 3.06. The van der Waals surface area contributed by atoms with Crippen molar-refractivity contribution >= 4 is 48.3 Å². The maximum absolute atomic E-state index is 4.55. The van der Waals surface area contributed by atoms with Crippen LogP contribution in [0, 0.1) is 6.92 Å². The normalized spacial score (nSPS) is 10.8. The van der Waals surface area contributed by atoms with Crippen molar-refractivity contribution in [2.24, 2.45) is 0 Å². The van der Waals surface area contributed by atoms with E-state index in [2.05, 4.69) is 57.4 Å². The number of anilines is 2. The van der Waals surface area contributed by atoms with E-state index in [1.807, 2.05) is 18.2 Å². The number of benzene rings is 2. The molecule has 0 aliphatic carbocycles. The number of fused-ring (bicyclic) bond motifs is 1. The zero-order valence-electron chi connectivity index (χ0n) is 9.77. The quantitative estimate of drug-likeness (QED) is 0.710. The number of hydrogen-bond donors (Lipinski definition) is 1. The van der Waals surface area contributed by atoms with Gasteiger partial charge in [-0.3, -0.25) is 0 Å². The number of aryl methyl sites for hydroxylation is 1. The van der Waals surface area contributed by atoms with Crippen LogP contribution in [0.15, 0.2) is 46.9 Å². The Balaban J connectivity index is 1.93. The number of halogens is 1. The molecule has 0 amide bonds. The van der Waals surface area contributed by atoms with Crippen LogP contribution < -0.4 is 5.32 Å². The van der Waals surface area contributed by atoms with Crippen molar-refractivity contribution < 1.29 is 0 Å². The maximum Gasteiger partial charge on any atom is 0.188 e. The summed E-state index contributed by atoms with van der Waals surface area (Å²) in [5.74, 6) is 0. The van der Waals surface area contributed by atoms with Gasteiger partial charge in [0, 0.05) is 10.2 Å². The van der Waals surface area contributed by atoms with E-state index >= 15 is 0 Å². The number of nitrogens with one attached hydrogen (secondary N) is 1. The summed E-state index contributed by atoms with van der Waals surface area (Å²) in [5.41, 5.74) is 3.31. The van der Waals surface area contributed by atoms with Crippen LogP contribution in [0.4, 0.5) is 10.8 Å². The molecule has 0 unspecified atom stereocenters. The summed E-state index contributed by atoms with van der Waals surface area (Å²) < 4.78 is 2.31. The summed E-state index contributed by atoms with van der Waals surface area (Å²) in [6.07, 6.45) is 0. The van der Waals surface area contributed by atoms with Crippen LogP contribution in [0.3, 0.4) is 0 Å². The molecule has 0 saturated heterocycles. The van der Waals surface area contributed by atoms with Gasteiger partial charge in [-0.1, -0.05) is 45.5 Å². The number of nitrogens with zero attached hydrogens (tertiary/aromatic N) is 1. The van der Waals surface area contributed by atoms with Gasteiger partial charge in [0.25, 0.3) is 0 Å². The monoisotopic (exact) mass is 318 g/mol. The second kappa shape index (κ2) is 4.71. The smallest absolute Gasteiger partial charge is 0.188 e. The molecule has 0 saturated carbocycles. The minimum atomic E-state index is 0.923. The van der Waals surface area contributed by atoms with Crippen LogP contribution in [0.5, 0.6) is 0 Å². The Morgan fingerprint density at radius 3 is 2.78 bits per heavy atom. The molecule has 0 aliphatic heterocycles. The average Bonchev–Trinajstić information content (AvgIpc) is 2.76. The summed E-state index contributed by atoms with van der Waals surface area (Å²) >= 11 is 5.20. The van der Waals surface area contributed by atoms with Crippen LogP contribution in [0.2, 0.25) is 0 Å². The van der Waals surface area contributed by atoms with Crippen molar-refractivity contribution in [3.8, 4) is 0 Å². The third kappa shape index (κ3) is 2.26. The van der Waals surface area contributed by atoms with Gasteiger partial charge < -0.3 is 5.32 Å². The molecule has 0 fully saturated rings. The van der Waals surface area contributed by atoms with Crippen molar-refractivity contribution in [3.63, 3.8) is 0 Å². The molecular weight excluding hydrogens is 308 g/mol. The third-order valence-corrected chi connectivity index (χ3v) is 4.52. The minimum Gasteiger partial charge on any atom is -0.331 e. The highest BCUT2D eigenvalue weighted by Crippen LogP contribution is 2.29. The lowest BCUT2D eigenvalue weighted by Crippen LogP contribution is -1.89. The van der Waals surface area contributed by atoms with Crippen molar-refractivity contribution in [2.45, 2.75) is 6.92 Å². The Bertz CT molecular complexity index is 673. The standard InChI is InChI=1S/C14H11BrN2S/c1-9-6-7-10(8-11(9)15)16-14-17-12-4-2-3-5-13(12)18-14/h2-8H,1H3,(H,16,17). The Morgan fingerprint density at radius 1 is 1.17 bits per heavy atom. The number of rotatable bonds is 2. The van der Waals surface area contributed by atoms with E-state index in [9.17, 15) is 0 Å². The molecule has 0 atom stereocenters. The van der Waals surface area contributed by atoms with Gasteiger partial charge in [-0.15, -0.1) is 0 Å². The highest BCUT2D eigenvalue weighted by atomic mass is 79.9. The summed E-state index contributed by atoms with van der Waals surface area (Å²) in [4.78, 5) is 4.55. The van der Waals surface area contributed by atoms with Gasteiger partial charge in [0.2, 0.25) is 0 Å². The number of hydrogen-bond acceptors (Lipinski definition) is 3. The zero-order chi connectivity index (χ0) is 12.5. The van der Waals surface area contributed by atoms with Gasteiger partial charge in [0.1, 0.15) is 0 Å². The summed E-state index contributed by atoms with van der Waals surface area (Å²) in [7, 11) is 0. The molecule has 1 N–H and O–H groups in total. The van der Waals surface area contributed by atoms with E-state index in [4.69, 9.17) is 0 Å². The van der Waals surface area contributed by atoms with Crippen LogP contribution in [0.1, 0.15) is 5.56 Å². The number of thiazole rings is 1. The Hall–Kier alpha value is -1.39. The molecule has 0 spiro atoms. The van der Waals surface area contributed by atoms with E-state index in [0.29, 0.717) is 0 Å². The second-order valence-electron chi connectivity index (χ2n) is 4.08. The SMILES string of the molecule is Cc1ccc(Nc2nc3ccccc3s2)cc1Br. The molecule has 1 heterocycles. The molecule has 0 bridgehead atoms.